The number of nitrogens with zero attached hydrogens (tertiary/aromatic N) is 2. The molecule has 0 radical (unpaired) electrons. The van der Waals surface area contributed by atoms with Crippen molar-refractivity contribution in [2.45, 2.75) is 0 Å². The van der Waals surface area contributed by atoms with E-state index in [1.807, 2.05) is 30.3 Å². The quantitative estimate of drug-likeness (QED) is 0.637. The number of methoxy groups -OCH3 is 1. The number of amides is 1. The number of hydrogen-bond acceptors (Lipinski definition) is 5. The third-order valence-corrected chi connectivity index (χ3v) is 4.39. The summed E-state index contributed by atoms with van der Waals surface area (Å²) < 4.78 is 5.64. The van der Waals surface area contributed by atoms with E-state index in [9.17, 15) is 4.79 Å². The first-order valence-electron chi connectivity index (χ1n) is 6.52. The first kappa shape index (κ1) is 14.7. The average molecular weight is 328 g/mol. The minimum Gasteiger partial charge on any atom is -0.497 e. The predicted molar refractivity (Wildman–Crippen MR) is 92.9 cm³/mol. The Morgan fingerprint density at radius 2 is 2.00 bits per heavy atom. The number of carbonyl (C=O) groups excluding carboxylic acids is 1. The molecule has 2 heterocycles. The fraction of sp³-hybridized carbons (Fsp3) is 0.0625. The van der Waals surface area contributed by atoms with Gasteiger partial charge in [-0.3, -0.25) is 14.7 Å². The third-order valence-electron chi connectivity index (χ3n) is 3.09. The zero-order valence-corrected chi connectivity index (χ0v) is 13.4. The average Bonchev–Trinajstić information content (AvgIpc) is 2.82. The Labute approximate surface area is 137 Å². The summed E-state index contributed by atoms with van der Waals surface area (Å²) in [4.78, 5) is 18.9. The van der Waals surface area contributed by atoms with Gasteiger partial charge in [0.25, 0.3) is 5.91 Å². The van der Waals surface area contributed by atoms with Crippen molar-refractivity contribution in [1.29, 1.82) is 0 Å². The second kappa shape index (κ2) is 6.29. The van der Waals surface area contributed by atoms with Gasteiger partial charge in [0.2, 0.25) is 0 Å². The Hall–Kier alpha value is -2.18. The molecule has 1 aliphatic rings. The van der Waals surface area contributed by atoms with Crippen molar-refractivity contribution in [2.24, 2.45) is 0 Å². The molecule has 2 aromatic rings. The van der Waals surface area contributed by atoms with Crippen LogP contribution in [0.3, 0.4) is 0 Å². The molecule has 4 nitrogen and oxygen atoms in total. The van der Waals surface area contributed by atoms with Crippen LogP contribution < -0.4 is 9.64 Å². The van der Waals surface area contributed by atoms with Crippen LogP contribution >= 0.6 is 24.0 Å². The van der Waals surface area contributed by atoms with Crippen LogP contribution in [0.15, 0.2) is 53.6 Å². The Morgan fingerprint density at radius 3 is 2.64 bits per heavy atom. The maximum Gasteiger partial charge on any atom is 0.270 e. The Balaban J connectivity index is 1.89. The molecule has 110 valence electrons. The lowest BCUT2D eigenvalue weighted by Crippen LogP contribution is -2.27. The van der Waals surface area contributed by atoms with E-state index in [2.05, 4.69) is 4.98 Å². The molecule has 0 atom stereocenters. The smallest absolute Gasteiger partial charge is 0.270 e. The van der Waals surface area contributed by atoms with Gasteiger partial charge in [0, 0.05) is 6.20 Å². The number of thioether (sulfide) groups is 1. The molecule has 0 bridgehead atoms. The van der Waals surface area contributed by atoms with Crippen molar-refractivity contribution < 1.29 is 9.53 Å². The summed E-state index contributed by atoms with van der Waals surface area (Å²) in [6.07, 6.45) is 3.44. The van der Waals surface area contributed by atoms with E-state index in [4.69, 9.17) is 17.0 Å². The fourth-order valence-corrected chi connectivity index (χ4v) is 3.30. The lowest BCUT2D eigenvalue weighted by atomic mass is 10.2. The van der Waals surface area contributed by atoms with Gasteiger partial charge in [-0.05, 0) is 42.5 Å². The largest absolute Gasteiger partial charge is 0.497 e. The second-order valence-electron chi connectivity index (χ2n) is 4.47. The van der Waals surface area contributed by atoms with Crippen molar-refractivity contribution in [3.63, 3.8) is 0 Å². The number of carbonyl (C=O) groups is 1. The molecule has 22 heavy (non-hydrogen) atoms. The second-order valence-corrected chi connectivity index (χ2v) is 6.15. The number of pyridine rings is 1. The number of ether oxygens (including phenoxy) is 1. The molecule has 0 aliphatic carbocycles. The molecular formula is C16H12N2O2S2. The maximum atomic E-state index is 12.6. The normalized spacial score (nSPS) is 16.4. The SMILES string of the molecule is COc1ccc(N2C(=O)/C(=C/c3ccccn3)SC2=S)cc1. The van der Waals surface area contributed by atoms with Crippen LogP contribution in [0.25, 0.3) is 6.08 Å². The number of rotatable bonds is 3. The minimum atomic E-state index is -0.134. The molecular weight excluding hydrogens is 316 g/mol. The zero-order valence-electron chi connectivity index (χ0n) is 11.7. The highest BCUT2D eigenvalue weighted by atomic mass is 32.2. The van der Waals surface area contributed by atoms with Crippen molar-refractivity contribution >= 4 is 46.0 Å². The first-order valence-corrected chi connectivity index (χ1v) is 7.74. The van der Waals surface area contributed by atoms with Gasteiger partial charge in [0.1, 0.15) is 5.75 Å². The standard InChI is InChI=1S/C16H12N2O2S2/c1-20-13-7-5-12(6-8-13)18-15(19)14(22-16(18)21)10-11-4-2-3-9-17-11/h2-10H,1H3/b14-10-. The molecule has 1 amide bonds. The number of hydrogen-bond donors (Lipinski definition) is 0. The van der Waals surface area contributed by atoms with Crippen LogP contribution in [-0.2, 0) is 4.79 Å². The molecule has 1 aromatic carbocycles. The highest BCUT2D eigenvalue weighted by Gasteiger charge is 2.33. The van der Waals surface area contributed by atoms with Crippen LogP contribution in [0, 0.1) is 0 Å². The third kappa shape index (κ3) is 2.88. The topological polar surface area (TPSA) is 42.4 Å². The van der Waals surface area contributed by atoms with E-state index in [0.29, 0.717) is 9.23 Å². The molecule has 1 fully saturated rings. The molecule has 0 N–H and O–H groups in total. The zero-order chi connectivity index (χ0) is 15.5. The Morgan fingerprint density at radius 1 is 1.23 bits per heavy atom. The summed E-state index contributed by atoms with van der Waals surface area (Å²) in [6, 6.07) is 12.8. The fourth-order valence-electron chi connectivity index (χ4n) is 2.02. The molecule has 0 spiro atoms. The summed E-state index contributed by atoms with van der Waals surface area (Å²) in [7, 11) is 1.60. The summed E-state index contributed by atoms with van der Waals surface area (Å²) in [5.74, 6) is 0.601. The number of anilines is 1. The van der Waals surface area contributed by atoms with Crippen molar-refractivity contribution in [1.82, 2.24) is 4.98 Å². The lowest BCUT2D eigenvalue weighted by Gasteiger charge is -2.14. The van der Waals surface area contributed by atoms with Crippen LogP contribution in [0.2, 0.25) is 0 Å². The predicted octanol–water partition coefficient (Wildman–Crippen LogP) is 3.50. The molecule has 1 aromatic heterocycles. The van der Waals surface area contributed by atoms with Crippen molar-refractivity contribution in [3.05, 3.63) is 59.3 Å². The number of aromatic nitrogens is 1. The van der Waals surface area contributed by atoms with Crippen LogP contribution in [0.4, 0.5) is 5.69 Å². The molecule has 0 saturated carbocycles. The molecule has 3 rings (SSSR count). The maximum absolute atomic E-state index is 12.6. The minimum absolute atomic E-state index is 0.134. The van der Waals surface area contributed by atoms with Gasteiger partial charge in [-0.15, -0.1) is 0 Å². The van der Waals surface area contributed by atoms with E-state index >= 15 is 0 Å². The summed E-state index contributed by atoms with van der Waals surface area (Å²) >= 11 is 6.61. The van der Waals surface area contributed by atoms with Gasteiger partial charge in [-0.25, -0.2) is 0 Å². The van der Waals surface area contributed by atoms with Crippen LogP contribution in [0.5, 0.6) is 5.75 Å². The van der Waals surface area contributed by atoms with Crippen molar-refractivity contribution in [3.8, 4) is 5.75 Å². The van der Waals surface area contributed by atoms with Gasteiger partial charge in [-0.1, -0.05) is 30.0 Å². The van der Waals surface area contributed by atoms with E-state index in [0.717, 1.165) is 17.1 Å². The molecule has 0 unspecified atom stereocenters. The van der Waals surface area contributed by atoms with E-state index in [1.165, 1.54) is 16.7 Å². The summed E-state index contributed by atoms with van der Waals surface area (Å²) in [6.45, 7) is 0. The van der Waals surface area contributed by atoms with E-state index in [-0.39, 0.29) is 5.91 Å². The van der Waals surface area contributed by atoms with Gasteiger partial charge < -0.3 is 4.74 Å². The molecule has 1 aliphatic heterocycles. The Kier molecular flexibility index (Phi) is 4.22. The molecule has 1 saturated heterocycles. The summed E-state index contributed by atoms with van der Waals surface area (Å²) in [5, 5.41) is 0. The highest BCUT2D eigenvalue weighted by molar-refractivity contribution is 8.27. The van der Waals surface area contributed by atoms with Gasteiger partial charge in [-0.2, -0.15) is 0 Å². The first-order chi connectivity index (χ1) is 10.7. The number of thiocarbonyl (C=S) groups is 1. The highest BCUT2D eigenvalue weighted by Crippen LogP contribution is 2.36. The van der Waals surface area contributed by atoms with Gasteiger partial charge >= 0.3 is 0 Å². The monoisotopic (exact) mass is 328 g/mol. The van der Waals surface area contributed by atoms with Gasteiger partial charge in [0.05, 0.1) is 23.4 Å². The molecule has 6 heteroatoms. The van der Waals surface area contributed by atoms with Crippen molar-refractivity contribution in [2.75, 3.05) is 12.0 Å². The number of benzene rings is 1. The van der Waals surface area contributed by atoms with E-state index in [1.54, 1.807) is 31.5 Å². The van der Waals surface area contributed by atoms with Crippen LogP contribution in [0.1, 0.15) is 5.69 Å². The van der Waals surface area contributed by atoms with E-state index < -0.39 is 0 Å². The lowest BCUT2D eigenvalue weighted by molar-refractivity contribution is -0.113. The van der Waals surface area contributed by atoms with Crippen LogP contribution in [-0.4, -0.2) is 22.3 Å². The summed E-state index contributed by atoms with van der Waals surface area (Å²) in [5.41, 5.74) is 1.46. The Bertz CT molecular complexity index is 743. The van der Waals surface area contributed by atoms with Gasteiger partial charge in [0.15, 0.2) is 4.32 Å².